The van der Waals surface area contributed by atoms with Crippen LogP contribution < -0.4 is 21.2 Å². The van der Waals surface area contributed by atoms with Gasteiger partial charge in [-0.2, -0.15) is 0 Å². The molecule has 7 nitrogen and oxygen atoms in total. The van der Waals surface area contributed by atoms with Crippen LogP contribution in [0.4, 0.5) is 0 Å². The molecule has 1 rings (SSSR count). The van der Waals surface area contributed by atoms with Crippen LogP contribution in [0.25, 0.3) is 0 Å². The summed E-state index contributed by atoms with van der Waals surface area (Å²) in [6, 6.07) is 4.30. The Morgan fingerprint density at radius 3 is 2.75 bits per heavy atom. The average Bonchev–Trinajstić information content (AvgIpc) is 2.42. The Balaban J connectivity index is 2.38. The summed E-state index contributed by atoms with van der Waals surface area (Å²) in [5, 5.41) is 9.43. The molecule has 1 aromatic carbocycles. The van der Waals surface area contributed by atoms with Gasteiger partial charge in [0.15, 0.2) is 11.5 Å². The molecule has 0 radical (unpaired) electrons. The number of nitrogens with two attached hydrogens (primary N) is 2. The quantitative estimate of drug-likeness (QED) is 0.213. The third-order valence-corrected chi connectivity index (χ3v) is 2.55. The van der Waals surface area contributed by atoms with Crippen molar-refractivity contribution >= 4 is 11.9 Å². The molecule has 0 spiro atoms. The molecule has 0 unspecified atom stereocenters. The number of hydrogen-bond donors (Lipinski definition) is 4. The zero-order valence-corrected chi connectivity index (χ0v) is 11.4. The zero-order valence-electron chi connectivity index (χ0n) is 11.4. The number of ether oxygens (including phenoxy) is 2. The first-order chi connectivity index (χ1) is 9.54. The maximum atomic E-state index is 11.7. The summed E-state index contributed by atoms with van der Waals surface area (Å²) < 4.78 is 10.0. The lowest BCUT2D eigenvalue weighted by atomic mass is 10.2. The number of rotatable bonds is 7. The number of esters is 1. The summed E-state index contributed by atoms with van der Waals surface area (Å²) in [5.41, 5.74) is 10.8. The number of hydrogen-bond acceptors (Lipinski definition) is 4. The number of benzene rings is 1. The maximum Gasteiger partial charge on any atom is 0.338 e. The van der Waals surface area contributed by atoms with Crippen molar-refractivity contribution in [1.82, 2.24) is 0 Å². The maximum absolute atomic E-state index is 11.7. The number of aromatic hydroxyl groups is 1. The molecule has 0 aromatic heterocycles. The van der Waals surface area contributed by atoms with Gasteiger partial charge in [-0.05, 0) is 31.0 Å². The molecule has 0 heterocycles. The van der Waals surface area contributed by atoms with Crippen LogP contribution in [0.3, 0.4) is 0 Å². The van der Waals surface area contributed by atoms with Crippen molar-refractivity contribution in [2.24, 2.45) is 11.5 Å². The van der Waals surface area contributed by atoms with Crippen molar-refractivity contribution in [2.75, 3.05) is 20.3 Å². The standard InChI is InChI=1S/C13H19N3O4/c1-19-11-8-9(4-5-10(11)17)12(18)20-7-3-2-6-16-13(14)15/h4-5,8,17H,2-3,6-7H2,1H3,(H4,14,15,16)/p+1. The van der Waals surface area contributed by atoms with Crippen LogP contribution in [-0.4, -0.2) is 37.3 Å². The van der Waals surface area contributed by atoms with Gasteiger partial charge < -0.3 is 14.6 Å². The highest BCUT2D eigenvalue weighted by atomic mass is 16.5. The van der Waals surface area contributed by atoms with E-state index in [4.69, 9.17) is 20.9 Å². The molecule has 20 heavy (non-hydrogen) atoms. The van der Waals surface area contributed by atoms with Gasteiger partial charge in [0.1, 0.15) is 0 Å². The molecule has 0 amide bonds. The minimum atomic E-state index is -0.457. The first-order valence-corrected chi connectivity index (χ1v) is 6.20. The first kappa shape index (κ1) is 15.6. The molecule has 6 N–H and O–H groups in total. The number of nitrogens with one attached hydrogen (secondary N) is 1. The molecule has 1 aromatic rings. The number of carbonyl (C=O) groups is 1. The summed E-state index contributed by atoms with van der Waals surface area (Å²) in [6.45, 7) is 0.932. The largest absolute Gasteiger partial charge is 0.504 e. The van der Waals surface area contributed by atoms with E-state index in [1.54, 1.807) is 0 Å². The van der Waals surface area contributed by atoms with E-state index < -0.39 is 5.97 Å². The van der Waals surface area contributed by atoms with Crippen LogP contribution in [0, 0.1) is 0 Å². The van der Waals surface area contributed by atoms with Crippen molar-refractivity contribution in [3.05, 3.63) is 23.8 Å². The van der Waals surface area contributed by atoms with Gasteiger partial charge in [-0.15, -0.1) is 0 Å². The van der Waals surface area contributed by atoms with Gasteiger partial charge in [0.25, 0.3) is 0 Å². The first-order valence-electron chi connectivity index (χ1n) is 6.20. The molecule has 0 bridgehead atoms. The van der Waals surface area contributed by atoms with Gasteiger partial charge in [-0.1, -0.05) is 0 Å². The summed E-state index contributed by atoms with van der Waals surface area (Å²) >= 11 is 0. The molecule has 7 heteroatoms. The predicted octanol–water partition coefficient (Wildman–Crippen LogP) is -1.31. The zero-order chi connectivity index (χ0) is 15.0. The van der Waals surface area contributed by atoms with E-state index in [9.17, 15) is 9.90 Å². The Bertz CT molecular complexity index is 485. The molecule has 0 saturated carbocycles. The minimum Gasteiger partial charge on any atom is -0.504 e. The molecule has 0 atom stereocenters. The van der Waals surface area contributed by atoms with Crippen LogP contribution >= 0.6 is 0 Å². The monoisotopic (exact) mass is 282 g/mol. The third kappa shape index (κ3) is 5.05. The molecule has 0 aliphatic heterocycles. The van der Waals surface area contributed by atoms with Gasteiger partial charge in [0.05, 0.1) is 25.8 Å². The molecular formula is C13H20N3O4+. The molecule has 0 aliphatic rings. The highest BCUT2D eigenvalue weighted by molar-refractivity contribution is 5.90. The summed E-state index contributed by atoms with van der Waals surface area (Å²) in [5.74, 6) is -0.0669. The smallest absolute Gasteiger partial charge is 0.338 e. The number of unbranched alkanes of at least 4 members (excludes halogenated alkanes) is 1. The fraction of sp³-hybridized carbons (Fsp3) is 0.385. The number of methoxy groups -OCH3 is 1. The summed E-state index contributed by atoms with van der Waals surface area (Å²) in [4.78, 5) is 14.5. The second-order valence-corrected chi connectivity index (χ2v) is 4.11. The van der Waals surface area contributed by atoms with Gasteiger partial charge in [-0.25, -0.2) is 4.79 Å². The van der Waals surface area contributed by atoms with E-state index in [2.05, 4.69) is 4.99 Å². The Hall–Kier alpha value is -2.44. The lowest BCUT2D eigenvalue weighted by Crippen LogP contribution is -2.78. The SMILES string of the molecule is COc1cc(C(=O)OCCCC[NH+]=C(N)N)ccc1O. The topological polar surface area (TPSA) is 122 Å². The van der Waals surface area contributed by atoms with E-state index in [-0.39, 0.29) is 17.5 Å². The van der Waals surface area contributed by atoms with Crippen LogP contribution in [0.1, 0.15) is 23.2 Å². The number of guanidine groups is 1. The molecule has 110 valence electrons. The minimum absolute atomic E-state index is 0.0225. The Kier molecular flexibility index (Phi) is 6.15. The second kappa shape index (κ2) is 7.88. The molecular weight excluding hydrogens is 262 g/mol. The Morgan fingerprint density at radius 1 is 1.35 bits per heavy atom. The van der Waals surface area contributed by atoms with E-state index >= 15 is 0 Å². The summed E-state index contributed by atoms with van der Waals surface area (Å²) in [6.07, 6.45) is 1.48. The van der Waals surface area contributed by atoms with Crippen LogP contribution in [-0.2, 0) is 4.74 Å². The highest BCUT2D eigenvalue weighted by Gasteiger charge is 2.10. The van der Waals surface area contributed by atoms with Crippen molar-refractivity contribution in [3.63, 3.8) is 0 Å². The van der Waals surface area contributed by atoms with Crippen LogP contribution in [0.15, 0.2) is 18.2 Å². The van der Waals surface area contributed by atoms with Gasteiger partial charge >= 0.3 is 11.9 Å². The molecule has 0 saturated heterocycles. The van der Waals surface area contributed by atoms with E-state index in [0.717, 1.165) is 6.42 Å². The Morgan fingerprint density at radius 2 is 2.10 bits per heavy atom. The average molecular weight is 282 g/mol. The van der Waals surface area contributed by atoms with E-state index in [1.165, 1.54) is 25.3 Å². The fourth-order valence-electron chi connectivity index (χ4n) is 1.51. The fourth-order valence-corrected chi connectivity index (χ4v) is 1.51. The van der Waals surface area contributed by atoms with Gasteiger partial charge in [0.2, 0.25) is 0 Å². The van der Waals surface area contributed by atoms with Crippen molar-refractivity contribution in [3.8, 4) is 11.5 Å². The van der Waals surface area contributed by atoms with Crippen molar-refractivity contribution in [2.45, 2.75) is 12.8 Å². The lowest BCUT2D eigenvalue weighted by molar-refractivity contribution is -0.459. The predicted molar refractivity (Wildman–Crippen MR) is 73.4 cm³/mol. The van der Waals surface area contributed by atoms with Crippen molar-refractivity contribution < 1.29 is 24.4 Å². The third-order valence-electron chi connectivity index (χ3n) is 2.55. The number of phenolic OH excluding ortho intramolecular Hbond substituents is 1. The summed E-state index contributed by atoms with van der Waals surface area (Å²) in [7, 11) is 1.41. The Labute approximate surface area is 117 Å². The van der Waals surface area contributed by atoms with Crippen LogP contribution in [0.5, 0.6) is 11.5 Å². The van der Waals surface area contributed by atoms with E-state index in [0.29, 0.717) is 25.1 Å². The van der Waals surface area contributed by atoms with Crippen LogP contribution in [0.2, 0.25) is 0 Å². The van der Waals surface area contributed by atoms with Gasteiger partial charge in [0, 0.05) is 0 Å². The highest BCUT2D eigenvalue weighted by Crippen LogP contribution is 2.26. The normalized spacial score (nSPS) is 9.85. The van der Waals surface area contributed by atoms with Crippen molar-refractivity contribution in [1.29, 1.82) is 0 Å². The van der Waals surface area contributed by atoms with E-state index in [1.807, 2.05) is 0 Å². The molecule has 0 fully saturated rings. The molecule has 0 aliphatic carbocycles. The second-order valence-electron chi connectivity index (χ2n) is 4.11. The lowest BCUT2D eigenvalue weighted by Gasteiger charge is -2.07. The number of phenols is 1. The number of carbonyl (C=O) groups excluding carboxylic acids is 1. The van der Waals surface area contributed by atoms with Gasteiger partial charge in [-0.3, -0.25) is 16.5 Å².